The average molecular weight is 240 g/mol. The van der Waals surface area contributed by atoms with Crippen LogP contribution in [0, 0.1) is 11.3 Å². The van der Waals surface area contributed by atoms with E-state index in [1.165, 1.54) is 0 Å². The second kappa shape index (κ2) is 4.88. The minimum atomic E-state index is 0.620. The quantitative estimate of drug-likeness (QED) is 0.761. The summed E-state index contributed by atoms with van der Waals surface area (Å²) in [6.45, 7) is 2.55. The molecule has 0 aromatic heterocycles. The van der Waals surface area contributed by atoms with Crippen LogP contribution >= 0.6 is 15.9 Å². The molecule has 1 aromatic rings. The summed E-state index contributed by atoms with van der Waals surface area (Å²) in [4.78, 5) is 0. The molecule has 0 spiro atoms. The number of benzene rings is 1. The normalized spacial score (nSPS) is 9.31. The van der Waals surface area contributed by atoms with E-state index in [9.17, 15) is 0 Å². The zero-order valence-corrected chi connectivity index (χ0v) is 8.97. The molecule has 0 radical (unpaired) electrons. The summed E-state index contributed by atoms with van der Waals surface area (Å²) in [5, 5.41) is 9.42. The zero-order valence-electron chi connectivity index (χ0n) is 7.38. The third-order valence-corrected chi connectivity index (χ3v) is 2.24. The van der Waals surface area contributed by atoms with Gasteiger partial charge in [0.2, 0.25) is 0 Å². The van der Waals surface area contributed by atoms with E-state index in [0.717, 1.165) is 16.6 Å². The van der Waals surface area contributed by atoms with Crippen molar-refractivity contribution in [2.45, 2.75) is 12.3 Å². The molecule has 0 N–H and O–H groups in total. The van der Waals surface area contributed by atoms with Crippen LogP contribution in [0.5, 0.6) is 5.75 Å². The van der Waals surface area contributed by atoms with Gasteiger partial charge in [-0.1, -0.05) is 22.0 Å². The number of nitrogens with zero attached hydrogens (tertiary/aromatic N) is 1. The zero-order chi connectivity index (χ0) is 9.68. The number of nitriles is 1. The molecule has 0 unspecified atom stereocenters. The molecule has 0 amide bonds. The Hall–Kier alpha value is -1.01. The second-order valence-electron chi connectivity index (χ2n) is 2.50. The lowest BCUT2D eigenvalue weighted by Crippen LogP contribution is -1.95. The van der Waals surface area contributed by atoms with Gasteiger partial charge in [-0.25, -0.2) is 0 Å². The molecular formula is C10H10BrNO. The van der Waals surface area contributed by atoms with Gasteiger partial charge in [0, 0.05) is 10.9 Å². The number of ether oxygens (including phenoxy) is 1. The highest BCUT2D eigenvalue weighted by Gasteiger charge is 2.02. The SMILES string of the molecule is CCOc1cc(C#N)ccc1CBr. The Labute approximate surface area is 86.3 Å². The monoisotopic (exact) mass is 239 g/mol. The van der Waals surface area contributed by atoms with Gasteiger partial charge in [0.25, 0.3) is 0 Å². The van der Waals surface area contributed by atoms with E-state index in [1.54, 1.807) is 12.1 Å². The molecule has 13 heavy (non-hydrogen) atoms. The highest BCUT2D eigenvalue weighted by Crippen LogP contribution is 2.22. The van der Waals surface area contributed by atoms with Crippen molar-refractivity contribution in [3.8, 4) is 11.8 Å². The standard InChI is InChI=1S/C10H10BrNO/c1-2-13-10-5-8(7-12)3-4-9(10)6-11/h3-5H,2,6H2,1H3. The molecule has 0 aliphatic rings. The molecular weight excluding hydrogens is 230 g/mol. The lowest BCUT2D eigenvalue weighted by atomic mass is 10.1. The van der Waals surface area contributed by atoms with Gasteiger partial charge in [-0.2, -0.15) is 5.26 Å². The lowest BCUT2D eigenvalue weighted by Gasteiger charge is -2.07. The molecule has 68 valence electrons. The maximum absolute atomic E-state index is 8.68. The fourth-order valence-electron chi connectivity index (χ4n) is 1.02. The lowest BCUT2D eigenvalue weighted by molar-refractivity contribution is 0.337. The van der Waals surface area contributed by atoms with Crippen LogP contribution in [-0.2, 0) is 5.33 Å². The van der Waals surface area contributed by atoms with Crippen molar-refractivity contribution >= 4 is 15.9 Å². The minimum Gasteiger partial charge on any atom is -0.494 e. The van der Waals surface area contributed by atoms with E-state index in [0.29, 0.717) is 12.2 Å². The van der Waals surface area contributed by atoms with Crippen molar-refractivity contribution in [3.63, 3.8) is 0 Å². The molecule has 0 aliphatic heterocycles. The van der Waals surface area contributed by atoms with E-state index >= 15 is 0 Å². The van der Waals surface area contributed by atoms with Crippen molar-refractivity contribution in [1.29, 1.82) is 5.26 Å². The van der Waals surface area contributed by atoms with E-state index in [4.69, 9.17) is 10.00 Å². The molecule has 0 aliphatic carbocycles. The third kappa shape index (κ3) is 2.46. The predicted octanol–water partition coefficient (Wildman–Crippen LogP) is 2.85. The van der Waals surface area contributed by atoms with E-state index in [1.807, 2.05) is 13.0 Å². The van der Waals surface area contributed by atoms with Crippen LogP contribution in [0.4, 0.5) is 0 Å². The van der Waals surface area contributed by atoms with Gasteiger partial charge in [-0.15, -0.1) is 0 Å². The van der Waals surface area contributed by atoms with Crippen LogP contribution < -0.4 is 4.74 Å². The summed E-state index contributed by atoms with van der Waals surface area (Å²) >= 11 is 3.36. The Morgan fingerprint density at radius 2 is 2.31 bits per heavy atom. The predicted molar refractivity (Wildman–Crippen MR) is 55.0 cm³/mol. The maximum Gasteiger partial charge on any atom is 0.124 e. The minimum absolute atomic E-state index is 0.620. The Morgan fingerprint density at radius 3 is 2.85 bits per heavy atom. The molecule has 0 fully saturated rings. The number of rotatable bonds is 3. The Bertz CT molecular complexity index is 330. The first-order chi connectivity index (χ1) is 6.31. The van der Waals surface area contributed by atoms with Gasteiger partial charge >= 0.3 is 0 Å². The second-order valence-corrected chi connectivity index (χ2v) is 3.06. The first kappa shape index (κ1) is 10.1. The largest absolute Gasteiger partial charge is 0.494 e. The summed E-state index contributed by atoms with van der Waals surface area (Å²) in [6, 6.07) is 7.54. The van der Waals surface area contributed by atoms with Gasteiger partial charge in [0.1, 0.15) is 5.75 Å². The molecule has 0 heterocycles. The number of alkyl halides is 1. The van der Waals surface area contributed by atoms with E-state index in [-0.39, 0.29) is 0 Å². The van der Waals surface area contributed by atoms with Gasteiger partial charge in [-0.05, 0) is 19.1 Å². The smallest absolute Gasteiger partial charge is 0.124 e. The number of hydrogen-bond acceptors (Lipinski definition) is 2. The Balaban J connectivity index is 3.04. The molecule has 0 bridgehead atoms. The molecule has 0 saturated heterocycles. The number of hydrogen-bond donors (Lipinski definition) is 0. The first-order valence-electron chi connectivity index (χ1n) is 4.03. The molecule has 1 aromatic carbocycles. The molecule has 0 atom stereocenters. The molecule has 0 saturated carbocycles. The van der Waals surface area contributed by atoms with Crippen molar-refractivity contribution in [2.75, 3.05) is 6.61 Å². The van der Waals surface area contributed by atoms with Crippen molar-refractivity contribution in [1.82, 2.24) is 0 Å². The van der Waals surface area contributed by atoms with Crippen LogP contribution in [0.2, 0.25) is 0 Å². The van der Waals surface area contributed by atoms with E-state index < -0.39 is 0 Å². The highest BCUT2D eigenvalue weighted by atomic mass is 79.9. The Morgan fingerprint density at radius 1 is 1.54 bits per heavy atom. The van der Waals surface area contributed by atoms with Crippen LogP contribution in [0.1, 0.15) is 18.1 Å². The molecule has 3 heteroatoms. The molecule has 2 nitrogen and oxygen atoms in total. The summed E-state index contributed by atoms with van der Waals surface area (Å²) < 4.78 is 5.39. The van der Waals surface area contributed by atoms with Crippen LogP contribution in [0.15, 0.2) is 18.2 Å². The fraction of sp³-hybridized carbons (Fsp3) is 0.300. The first-order valence-corrected chi connectivity index (χ1v) is 5.15. The van der Waals surface area contributed by atoms with Crippen LogP contribution in [0.25, 0.3) is 0 Å². The van der Waals surface area contributed by atoms with Gasteiger partial charge in [0.05, 0.1) is 18.2 Å². The van der Waals surface area contributed by atoms with Crippen molar-refractivity contribution < 1.29 is 4.74 Å². The third-order valence-electron chi connectivity index (χ3n) is 1.64. The summed E-state index contributed by atoms with van der Waals surface area (Å²) in [7, 11) is 0. The van der Waals surface area contributed by atoms with Crippen molar-refractivity contribution in [2.24, 2.45) is 0 Å². The average Bonchev–Trinajstić information content (AvgIpc) is 2.18. The summed E-state index contributed by atoms with van der Waals surface area (Å²) in [6.07, 6.45) is 0. The van der Waals surface area contributed by atoms with Crippen molar-refractivity contribution in [3.05, 3.63) is 29.3 Å². The van der Waals surface area contributed by atoms with Crippen LogP contribution in [-0.4, -0.2) is 6.61 Å². The van der Waals surface area contributed by atoms with Gasteiger partial charge in [-0.3, -0.25) is 0 Å². The number of halogens is 1. The Kier molecular flexibility index (Phi) is 3.78. The molecule has 1 rings (SSSR count). The fourth-order valence-corrected chi connectivity index (χ4v) is 1.49. The topological polar surface area (TPSA) is 33.0 Å². The maximum atomic E-state index is 8.68. The van der Waals surface area contributed by atoms with Gasteiger partial charge in [0.15, 0.2) is 0 Å². The highest BCUT2D eigenvalue weighted by molar-refractivity contribution is 9.08. The van der Waals surface area contributed by atoms with E-state index in [2.05, 4.69) is 22.0 Å². The summed E-state index contributed by atoms with van der Waals surface area (Å²) in [5.41, 5.74) is 1.70. The van der Waals surface area contributed by atoms with Gasteiger partial charge < -0.3 is 4.74 Å². The van der Waals surface area contributed by atoms with Crippen LogP contribution in [0.3, 0.4) is 0 Å². The summed E-state index contributed by atoms with van der Waals surface area (Å²) in [5.74, 6) is 0.790.